The Bertz CT molecular complexity index is 3030. The van der Waals surface area contributed by atoms with Gasteiger partial charge in [-0.05, 0) is 105 Å². The van der Waals surface area contributed by atoms with E-state index < -0.39 is 0 Å². The molecule has 6 aromatic rings. The van der Waals surface area contributed by atoms with Gasteiger partial charge in [0.2, 0.25) is 0 Å². The molecular weight excluding hydrogens is 723 g/mol. The number of rotatable bonds is 5. The minimum absolute atomic E-state index is 0.0293. The molecule has 2 N–H and O–H groups in total. The van der Waals surface area contributed by atoms with Crippen LogP contribution in [0.4, 0.5) is 0 Å². The molecule has 1 aliphatic heterocycles. The van der Waals surface area contributed by atoms with Crippen molar-refractivity contribution in [3.05, 3.63) is 195 Å². The van der Waals surface area contributed by atoms with Gasteiger partial charge in [0.1, 0.15) is 6.17 Å². The predicted molar refractivity (Wildman–Crippen MR) is 246 cm³/mol. The Balaban J connectivity index is 0.904. The summed E-state index contributed by atoms with van der Waals surface area (Å²) >= 11 is 1.94. The van der Waals surface area contributed by atoms with Gasteiger partial charge >= 0.3 is 0 Å². The smallest absolute Gasteiger partial charge is 0.123 e. The molecule has 5 aliphatic carbocycles. The predicted octanol–water partition coefficient (Wildman–Crippen LogP) is 13.4. The van der Waals surface area contributed by atoms with Gasteiger partial charge in [-0.1, -0.05) is 117 Å². The Morgan fingerprint density at radius 2 is 1.74 bits per heavy atom. The normalized spacial score (nSPS) is 23.8. The Morgan fingerprint density at radius 1 is 0.862 bits per heavy atom. The van der Waals surface area contributed by atoms with Gasteiger partial charge < -0.3 is 15.2 Å². The van der Waals surface area contributed by atoms with Crippen LogP contribution in [0.3, 0.4) is 0 Å². The first-order valence-corrected chi connectivity index (χ1v) is 21.9. The van der Waals surface area contributed by atoms with Crippen molar-refractivity contribution in [3.63, 3.8) is 0 Å². The minimum Gasteiger partial charge on any atom is -0.366 e. The summed E-state index contributed by atoms with van der Waals surface area (Å²) < 4.78 is 5.31. The van der Waals surface area contributed by atoms with E-state index >= 15 is 0 Å². The van der Waals surface area contributed by atoms with Crippen molar-refractivity contribution in [1.82, 2.24) is 15.2 Å². The Hall–Kier alpha value is -6.06. The number of fused-ring (bicyclic) bond motifs is 10. The van der Waals surface area contributed by atoms with Gasteiger partial charge in [0, 0.05) is 73.9 Å². The van der Waals surface area contributed by atoms with Gasteiger partial charge in [0.05, 0.1) is 11.4 Å². The molecular formula is C54H45N3S. The van der Waals surface area contributed by atoms with Crippen molar-refractivity contribution in [3.8, 4) is 0 Å². The van der Waals surface area contributed by atoms with E-state index in [-0.39, 0.29) is 6.17 Å². The molecule has 5 atom stereocenters. The molecule has 0 saturated carbocycles. The molecule has 4 aromatic carbocycles. The van der Waals surface area contributed by atoms with Crippen molar-refractivity contribution in [2.24, 2.45) is 5.92 Å². The largest absolute Gasteiger partial charge is 0.366 e. The standard InChI is InChI=1S/C54H45N3S/c1-32-11-3-4-15-40(32)35-23-21-34(22-24-35)36-13-10-14-37(27-36)47-31-55-54(56-47)46-28-38-25-26-42-41-16-6-8-20-50(41)58-53(42)52(38)45-30-39(29-44(45)46)57-48-18-7-5-17-43(48)51-33(2)12-9-19-49(51)57/h3-6,8-11,13-16,18-26,28,30-33,36,40,54-56H,12,17,27,29H2,1-2H3. The lowest BCUT2D eigenvalue weighted by Crippen LogP contribution is -2.25. The molecule has 0 spiro atoms. The van der Waals surface area contributed by atoms with Crippen LogP contribution in [0.2, 0.25) is 0 Å². The molecule has 3 nitrogen and oxygen atoms in total. The SMILES string of the molecule is CC1CC=Cc2c1c1c(n2C2=Cc3c(c(C4NC=C(C5=CC=CC(c6ccc(C7C=CC=CC7C)cc6)C5)N4)cc4ccc5c6ccccc6sc5c34)C2)C=C=CC1. The van der Waals surface area contributed by atoms with Crippen LogP contribution in [0.25, 0.3) is 54.9 Å². The molecule has 0 radical (unpaired) electrons. The highest BCUT2D eigenvalue weighted by atomic mass is 32.1. The number of benzene rings is 4. The third-order valence-electron chi connectivity index (χ3n) is 13.7. The topological polar surface area (TPSA) is 29.0 Å². The summed E-state index contributed by atoms with van der Waals surface area (Å²) in [4.78, 5) is 0. The van der Waals surface area contributed by atoms with Gasteiger partial charge in [-0.25, -0.2) is 0 Å². The fourth-order valence-electron chi connectivity index (χ4n) is 10.8. The van der Waals surface area contributed by atoms with Crippen LogP contribution >= 0.6 is 11.3 Å². The quantitative estimate of drug-likeness (QED) is 0.171. The van der Waals surface area contributed by atoms with Crippen LogP contribution in [-0.4, -0.2) is 4.57 Å². The Kier molecular flexibility index (Phi) is 7.77. The second kappa shape index (κ2) is 13.2. The molecule has 0 bridgehead atoms. The number of nitrogens with zero attached hydrogens (tertiary/aromatic N) is 1. The van der Waals surface area contributed by atoms with Crippen molar-refractivity contribution in [2.75, 3.05) is 0 Å². The summed E-state index contributed by atoms with van der Waals surface area (Å²) in [5.74, 6) is 1.81. The third-order valence-corrected chi connectivity index (χ3v) is 14.9. The van der Waals surface area contributed by atoms with Crippen LogP contribution in [0.5, 0.6) is 0 Å². The molecule has 0 fully saturated rings. The van der Waals surface area contributed by atoms with Crippen LogP contribution in [0.1, 0.15) is 101 Å². The lowest BCUT2D eigenvalue weighted by molar-refractivity contribution is 0.590. The summed E-state index contributed by atoms with van der Waals surface area (Å²) in [5.41, 5.74) is 19.9. The minimum atomic E-state index is -0.0293. The van der Waals surface area contributed by atoms with E-state index in [4.69, 9.17) is 0 Å². The highest BCUT2D eigenvalue weighted by molar-refractivity contribution is 7.26. The molecule has 0 amide bonds. The van der Waals surface area contributed by atoms with Crippen LogP contribution in [0, 0.1) is 5.92 Å². The Labute approximate surface area is 344 Å². The van der Waals surface area contributed by atoms with E-state index in [1.807, 2.05) is 11.3 Å². The highest BCUT2D eigenvalue weighted by Gasteiger charge is 2.33. The average Bonchev–Trinajstić information content (AvgIpc) is 4.07. The number of nitrogens with one attached hydrogen (secondary N) is 2. The highest BCUT2D eigenvalue weighted by Crippen LogP contribution is 2.48. The molecule has 58 heavy (non-hydrogen) atoms. The van der Waals surface area contributed by atoms with Crippen molar-refractivity contribution in [2.45, 2.75) is 63.5 Å². The molecule has 6 aliphatic rings. The van der Waals surface area contributed by atoms with E-state index in [9.17, 15) is 0 Å². The van der Waals surface area contributed by atoms with E-state index in [0.29, 0.717) is 23.7 Å². The van der Waals surface area contributed by atoms with E-state index in [0.717, 1.165) is 25.7 Å². The summed E-state index contributed by atoms with van der Waals surface area (Å²) in [6, 6.07) is 25.5. The first-order valence-electron chi connectivity index (χ1n) is 21.1. The van der Waals surface area contributed by atoms with Gasteiger partial charge in [-0.15, -0.1) is 17.1 Å². The molecule has 4 heteroatoms. The fraction of sp³-hybridized carbons (Fsp3) is 0.204. The average molecular weight is 768 g/mol. The summed E-state index contributed by atoms with van der Waals surface area (Å²) in [6.07, 6.45) is 33.7. The van der Waals surface area contributed by atoms with E-state index in [1.54, 1.807) is 0 Å². The van der Waals surface area contributed by atoms with Crippen LogP contribution < -0.4 is 10.6 Å². The molecule has 282 valence electrons. The van der Waals surface area contributed by atoms with E-state index in [1.165, 1.54) is 98.2 Å². The van der Waals surface area contributed by atoms with Crippen molar-refractivity contribution in [1.29, 1.82) is 0 Å². The zero-order chi connectivity index (χ0) is 38.5. The number of hydrogen-bond donors (Lipinski definition) is 2. The third kappa shape index (κ3) is 5.25. The maximum Gasteiger partial charge on any atom is 0.123 e. The molecule has 5 unspecified atom stereocenters. The van der Waals surface area contributed by atoms with Crippen LogP contribution in [-0.2, 0) is 12.8 Å². The number of hydrogen-bond acceptors (Lipinski definition) is 3. The number of thiophene rings is 1. The van der Waals surface area contributed by atoms with Gasteiger partial charge in [-0.2, -0.15) is 0 Å². The van der Waals surface area contributed by atoms with Crippen molar-refractivity contribution >= 4 is 66.2 Å². The number of allylic oxidation sites excluding steroid dienone is 11. The molecule has 3 heterocycles. The maximum atomic E-state index is 3.99. The van der Waals surface area contributed by atoms with Crippen molar-refractivity contribution < 1.29 is 0 Å². The Morgan fingerprint density at radius 3 is 2.66 bits per heavy atom. The first-order chi connectivity index (χ1) is 28.6. The molecule has 12 rings (SSSR count). The molecule has 2 aromatic heterocycles. The molecule has 0 saturated heterocycles. The number of aromatic nitrogens is 1. The van der Waals surface area contributed by atoms with Gasteiger partial charge in [0.25, 0.3) is 0 Å². The van der Waals surface area contributed by atoms with Gasteiger partial charge in [-0.3, -0.25) is 0 Å². The first kappa shape index (κ1) is 34.0. The fourth-order valence-corrected chi connectivity index (χ4v) is 12.0. The maximum absolute atomic E-state index is 3.99. The lowest BCUT2D eigenvalue weighted by atomic mass is 9.82. The second-order valence-corrected chi connectivity index (χ2v) is 18.1. The van der Waals surface area contributed by atoms with E-state index in [2.05, 4.69) is 181 Å². The lowest BCUT2D eigenvalue weighted by Gasteiger charge is -2.24. The zero-order valence-corrected chi connectivity index (χ0v) is 33.7. The monoisotopic (exact) mass is 767 g/mol. The van der Waals surface area contributed by atoms with Gasteiger partial charge in [0.15, 0.2) is 0 Å². The van der Waals surface area contributed by atoms with Crippen LogP contribution in [0.15, 0.2) is 145 Å². The summed E-state index contributed by atoms with van der Waals surface area (Å²) in [7, 11) is 0. The summed E-state index contributed by atoms with van der Waals surface area (Å²) in [5, 5.41) is 13.2. The summed E-state index contributed by atoms with van der Waals surface area (Å²) in [6.45, 7) is 4.70. The second-order valence-electron chi connectivity index (χ2n) is 17.1. The zero-order valence-electron chi connectivity index (χ0n) is 32.9.